The Kier molecular flexibility index (Phi) is 3.63. The molecule has 0 aliphatic carbocycles. The largest absolute Gasteiger partial charge is 0.396 e. The molecular weight excluding hydrogens is 293 g/mol. The molecule has 18 heavy (non-hydrogen) atoms. The second-order valence-corrected chi connectivity index (χ2v) is 4.73. The van der Waals surface area contributed by atoms with E-state index in [4.69, 9.17) is 45.8 Å². The van der Waals surface area contributed by atoms with Gasteiger partial charge in [0, 0.05) is 16.8 Å². The van der Waals surface area contributed by atoms with Crippen LogP contribution in [0, 0.1) is 11.3 Å². The van der Waals surface area contributed by atoms with Gasteiger partial charge >= 0.3 is 0 Å². The zero-order valence-electron chi connectivity index (χ0n) is 8.92. The van der Waals surface area contributed by atoms with E-state index in [-0.39, 0.29) is 5.69 Å². The van der Waals surface area contributed by atoms with E-state index in [0.717, 1.165) is 0 Å². The molecule has 1 aromatic heterocycles. The number of halogens is 3. The van der Waals surface area contributed by atoms with E-state index in [1.54, 1.807) is 12.1 Å². The van der Waals surface area contributed by atoms with Gasteiger partial charge in [-0.2, -0.15) is 5.26 Å². The Bertz CT molecular complexity index is 639. The predicted octanol–water partition coefficient (Wildman–Crippen LogP) is 4.16. The highest BCUT2D eigenvalue weighted by atomic mass is 35.5. The number of benzene rings is 1. The molecule has 0 aliphatic heterocycles. The Morgan fingerprint density at radius 2 is 1.78 bits per heavy atom. The molecule has 2 rings (SSSR count). The lowest BCUT2D eigenvalue weighted by atomic mass is 10.1. The summed E-state index contributed by atoms with van der Waals surface area (Å²) >= 11 is 18.0. The number of nitrogen functional groups attached to an aromatic ring is 1. The van der Waals surface area contributed by atoms with Crippen molar-refractivity contribution in [2.75, 3.05) is 5.73 Å². The Morgan fingerprint density at radius 3 is 2.33 bits per heavy atom. The number of nitriles is 1. The van der Waals surface area contributed by atoms with Crippen molar-refractivity contribution in [2.24, 2.45) is 0 Å². The third kappa shape index (κ3) is 2.23. The second-order valence-electron chi connectivity index (χ2n) is 3.48. The normalized spacial score (nSPS) is 10.1. The van der Waals surface area contributed by atoms with Crippen LogP contribution >= 0.6 is 34.8 Å². The SMILES string of the molecule is N#Cc1ccnc(-c2c(Cl)cc(Cl)cc2Cl)c1N. The molecule has 90 valence electrons. The highest BCUT2D eigenvalue weighted by Crippen LogP contribution is 2.39. The molecule has 0 unspecified atom stereocenters. The van der Waals surface area contributed by atoms with Crippen LogP contribution in [0.4, 0.5) is 5.69 Å². The van der Waals surface area contributed by atoms with Crippen LogP contribution in [0.5, 0.6) is 0 Å². The highest BCUT2D eigenvalue weighted by molar-refractivity contribution is 6.41. The molecule has 2 N–H and O–H groups in total. The molecule has 0 saturated carbocycles. The zero-order valence-corrected chi connectivity index (χ0v) is 11.2. The summed E-state index contributed by atoms with van der Waals surface area (Å²) in [4.78, 5) is 4.12. The number of hydrogen-bond acceptors (Lipinski definition) is 3. The first-order valence-electron chi connectivity index (χ1n) is 4.84. The third-order valence-corrected chi connectivity index (χ3v) is 3.17. The molecule has 0 amide bonds. The Hall–Kier alpha value is -1.47. The first-order valence-corrected chi connectivity index (χ1v) is 5.97. The van der Waals surface area contributed by atoms with Gasteiger partial charge in [-0.1, -0.05) is 34.8 Å². The summed E-state index contributed by atoms with van der Waals surface area (Å²) < 4.78 is 0. The van der Waals surface area contributed by atoms with E-state index in [1.165, 1.54) is 12.3 Å². The molecule has 0 bridgehead atoms. The molecule has 0 radical (unpaired) electrons. The van der Waals surface area contributed by atoms with Crippen molar-refractivity contribution in [3.05, 3.63) is 45.0 Å². The van der Waals surface area contributed by atoms with Crippen LogP contribution in [0.3, 0.4) is 0 Å². The molecular formula is C12H6Cl3N3. The number of hydrogen-bond donors (Lipinski definition) is 1. The van der Waals surface area contributed by atoms with E-state index in [9.17, 15) is 0 Å². The maximum atomic E-state index is 8.93. The van der Waals surface area contributed by atoms with Gasteiger partial charge in [0.1, 0.15) is 6.07 Å². The lowest BCUT2D eigenvalue weighted by molar-refractivity contribution is 1.31. The minimum atomic E-state index is 0.242. The Balaban J connectivity index is 2.75. The number of nitrogens with two attached hydrogens (primary N) is 1. The van der Waals surface area contributed by atoms with Crippen LogP contribution in [0.1, 0.15) is 5.56 Å². The monoisotopic (exact) mass is 297 g/mol. The van der Waals surface area contributed by atoms with Crippen LogP contribution in [0.2, 0.25) is 15.1 Å². The van der Waals surface area contributed by atoms with Gasteiger partial charge in [0.15, 0.2) is 0 Å². The summed E-state index contributed by atoms with van der Waals surface area (Å²) in [6, 6.07) is 6.60. The van der Waals surface area contributed by atoms with Crippen LogP contribution in [-0.4, -0.2) is 4.98 Å². The highest BCUT2D eigenvalue weighted by Gasteiger charge is 2.16. The van der Waals surface area contributed by atoms with Gasteiger partial charge < -0.3 is 5.73 Å². The van der Waals surface area contributed by atoms with Gasteiger partial charge in [0.2, 0.25) is 0 Å². The lowest BCUT2D eigenvalue weighted by Gasteiger charge is -2.10. The Morgan fingerprint density at radius 1 is 1.17 bits per heavy atom. The molecule has 0 saturated heterocycles. The molecule has 3 nitrogen and oxygen atoms in total. The van der Waals surface area contributed by atoms with Crippen molar-refractivity contribution in [2.45, 2.75) is 0 Å². The first-order chi connectivity index (χ1) is 8.54. The van der Waals surface area contributed by atoms with E-state index >= 15 is 0 Å². The first kappa shape index (κ1) is 13.0. The van der Waals surface area contributed by atoms with Crippen molar-refractivity contribution in [3.8, 4) is 17.3 Å². The molecule has 1 aromatic carbocycles. The van der Waals surface area contributed by atoms with Crippen LogP contribution in [0.15, 0.2) is 24.4 Å². The molecule has 0 atom stereocenters. The quantitative estimate of drug-likeness (QED) is 0.859. The average molecular weight is 299 g/mol. The minimum absolute atomic E-state index is 0.242. The van der Waals surface area contributed by atoms with E-state index < -0.39 is 0 Å². The fourth-order valence-corrected chi connectivity index (χ4v) is 2.53. The van der Waals surface area contributed by atoms with Crippen molar-refractivity contribution in [3.63, 3.8) is 0 Å². The second kappa shape index (κ2) is 5.03. The van der Waals surface area contributed by atoms with E-state index in [1.807, 2.05) is 6.07 Å². The maximum absolute atomic E-state index is 8.93. The third-order valence-electron chi connectivity index (χ3n) is 2.35. The molecule has 2 aromatic rings. The number of rotatable bonds is 1. The smallest absolute Gasteiger partial charge is 0.101 e. The number of pyridine rings is 1. The van der Waals surface area contributed by atoms with Crippen LogP contribution in [-0.2, 0) is 0 Å². The summed E-state index contributed by atoms with van der Waals surface area (Å²) in [7, 11) is 0. The maximum Gasteiger partial charge on any atom is 0.101 e. The van der Waals surface area contributed by atoms with Gasteiger partial charge in [0.25, 0.3) is 0 Å². The fourth-order valence-electron chi connectivity index (χ4n) is 1.54. The van der Waals surface area contributed by atoms with Gasteiger partial charge in [-0.3, -0.25) is 4.98 Å². The molecule has 6 heteroatoms. The fraction of sp³-hybridized carbons (Fsp3) is 0. The van der Waals surface area contributed by atoms with Crippen LogP contribution in [0.25, 0.3) is 11.3 Å². The molecule has 0 aliphatic rings. The Labute approximate surface area is 119 Å². The zero-order chi connectivity index (χ0) is 13.3. The minimum Gasteiger partial charge on any atom is -0.396 e. The van der Waals surface area contributed by atoms with Crippen molar-refractivity contribution >= 4 is 40.5 Å². The predicted molar refractivity (Wildman–Crippen MR) is 73.8 cm³/mol. The van der Waals surface area contributed by atoms with Gasteiger partial charge in [-0.25, -0.2) is 0 Å². The summed E-state index contributed by atoms with van der Waals surface area (Å²) in [5.74, 6) is 0. The standard InChI is InChI=1S/C12H6Cl3N3/c13-7-3-8(14)10(9(15)4-7)12-11(17)6(5-16)1-2-18-12/h1-4H,17H2. The van der Waals surface area contributed by atoms with E-state index in [2.05, 4.69) is 4.98 Å². The number of aromatic nitrogens is 1. The van der Waals surface area contributed by atoms with Gasteiger partial charge in [-0.05, 0) is 18.2 Å². The number of anilines is 1. The van der Waals surface area contributed by atoms with Gasteiger partial charge in [-0.15, -0.1) is 0 Å². The van der Waals surface area contributed by atoms with Crippen molar-refractivity contribution < 1.29 is 0 Å². The van der Waals surface area contributed by atoms with Crippen molar-refractivity contribution in [1.29, 1.82) is 5.26 Å². The summed E-state index contributed by atoms with van der Waals surface area (Å²) in [5.41, 5.74) is 7.27. The summed E-state index contributed by atoms with van der Waals surface area (Å²) in [6.07, 6.45) is 1.48. The average Bonchev–Trinajstić information content (AvgIpc) is 2.30. The lowest BCUT2D eigenvalue weighted by Crippen LogP contribution is -1.98. The summed E-state index contributed by atoms with van der Waals surface area (Å²) in [5, 5.41) is 10.0. The molecule has 0 fully saturated rings. The molecule has 1 heterocycles. The summed E-state index contributed by atoms with van der Waals surface area (Å²) in [6.45, 7) is 0. The van der Waals surface area contributed by atoms with Crippen LogP contribution < -0.4 is 5.73 Å². The van der Waals surface area contributed by atoms with Gasteiger partial charge in [0.05, 0.1) is 27.0 Å². The number of nitrogens with zero attached hydrogens (tertiary/aromatic N) is 2. The van der Waals surface area contributed by atoms with Crippen molar-refractivity contribution in [1.82, 2.24) is 4.98 Å². The topological polar surface area (TPSA) is 62.7 Å². The molecule has 0 spiro atoms. The van der Waals surface area contributed by atoms with E-state index in [0.29, 0.717) is 31.9 Å².